The summed E-state index contributed by atoms with van der Waals surface area (Å²) in [6.07, 6.45) is 0. The molecule has 0 amide bonds. The molecule has 0 aliphatic rings. The van der Waals surface area contributed by atoms with Crippen LogP contribution in [0.15, 0.2) is 0 Å². The van der Waals surface area contributed by atoms with Crippen molar-refractivity contribution in [3.63, 3.8) is 0 Å². The van der Waals surface area contributed by atoms with E-state index in [0.29, 0.717) is 0 Å². The molecule has 0 nitrogen and oxygen atoms in total. The van der Waals surface area contributed by atoms with Gasteiger partial charge in [-0.2, -0.15) is 0 Å². The Bertz CT molecular complexity index is 11.6. The number of halogens is 3. The van der Waals surface area contributed by atoms with Crippen molar-refractivity contribution in [1.29, 1.82) is 0 Å². The van der Waals surface area contributed by atoms with Gasteiger partial charge in [-0.3, -0.25) is 0 Å². The van der Waals surface area contributed by atoms with Crippen LogP contribution in [0.25, 0.3) is 0 Å². The van der Waals surface area contributed by atoms with Gasteiger partial charge in [-0.15, -0.1) is 0 Å². The Balaban J connectivity index is 0. The van der Waals surface area contributed by atoms with Crippen LogP contribution in [0.5, 0.6) is 0 Å². The summed E-state index contributed by atoms with van der Waals surface area (Å²) in [7, 11) is 0. The maximum Gasteiger partial charge on any atom is 0.124 e. The van der Waals surface area contributed by atoms with Gasteiger partial charge < -0.3 is 0 Å². The fourth-order valence-electron chi connectivity index (χ4n) is 0. The van der Waals surface area contributed by atoms with Crippen molar-refractivity contribution < 1.29 is 25.8 Å². The fourth-order valence-corrected chi connectivity index (χ4v) is 0. The molecule has 0 aliphatic heterocycles. The first kappa shape index (κ1) is 10.3. The molecule has 0 spiro atoms. The first-order valence-corrected chi connectivity index (χ1v) is 3.40. The molecule has 30 valence electrons. The Hall–Kier alpha value is 2.31. The quantitative estimate of drug-likeness (QED) is 0.409. The Labute approximate surface area is 75.2 Å². The van der Waals surface area contributed by atoms with Crippen molar-refractivity contribution in [1.82, 2.24) is 0 Å². The number of hydrogen-bond acceptors (Lipinski definition) is 0. The van der Waals surface area contributed by atoms with Crippen LogP contribution in [0.2, 0.25) is 0 Å². The van der Waals surface area contributed by atoms with Gasteiger partial charge in [0.1, 0.15) is 2.65 Å². The second kappa shape index (κ2) is 6.31. The third-order valence-corrected chi connectivity index (χ3v) is 0. The van der Waals surface area contributed by atoms with Crippen molar-refractivity contribution >= 4 is 47.8 Å². The van der Waals surface area contributed by atoms with Crippen molar-refractivity contribution in [3.8, 4) is 0 Å². The normalized spacial score (nSPS) is 7.20. The third-order valence-electron chi connectivity index (χ3n) is 0. The summed E-state index contributed by atoms with van der Waals surface area (Å²) in [4.78, 5) is 0. The topological polar surface area (TPSA) is 0 Å². The van der Waals surface area contributed by atoms with Gasteiger partial charge in [0.05, 0.1) is 0 Å². The summed E-state index contributed by atoms with van der Waals surface area (Å²) in [5.74, 6) is 0. The average Bonchev–Trinajstić information content (AvgIpc) is 0.811. The smallest absolute Gasteiger partial charge is 0.0637 e. The molecule has 0 aromatic carbocycles. The van der Waals surface area contributed by atoms with E-state index in [1.54, 1.807) is 0 Å². The average molecular weight is 431 g/mol. The Kier molecular flexibility index (Phi) is 13.0. The SMILES string of the molecule is BrC(Br)Br.[Hf]. The molecule has 0 N–H and O–H groups in total. The van der Waals surface area contributed by atoms with Crippen molar-refractivity contribution in [2.75, 3.05) is 0 Å². The van der Waals surface area contributed by atoms with E-state index in [0.717, 1.165) is 0 Å². The minimum Gasteiger partial charge on any atom is -0.0637 e. The Morgan fingerprint density at radius 1 is 1.00 bits per heavy atom. The van der Waals surface area contributed by atoms with E-state index in [1.165, 1.54) is 0 Å². The summed E-state index contributed by atoms with van der Waals surface area (Å²) in [5, 5.41) is 0. The first-order chi connectivity index (χ1) is 1.73. The largest absolute Gasteiger partial charge is 0.124 e. The van der Waals surface area contributed by atoms with Crippen LogP contribution in [-0.4, -0.2) is 2.65 Å². The minimum absolute atomic E-state index is 0. The molecule has 5 heavy (non-hydrogen) atoms. The molecular weight excluding hydrogens is 430 g/mol. The molecule has 0 aromatic heterocycles. The first-order valence-electron chi connectivity index (χ1n) is 0.655. The van der Waals surface area contributed by atoms with Gasteiger partial charge in [-0.05, 0) is 0 Å². The van der Waals surface area contributed by atoms with Crippen LogP contribution in [0.1, 0.15) is 0 Å². The van der Waals surface area contributed by atoms with Gasteiger partial charge in [-0.25, -0.2) is 0 Å². The van der Waals surface area contributed by atoms with E-state index in [9.17, 15) is 0 Å². The van der Waals surface area contributed by atoms with Gasteiger partial charge >= 0.3 is 0 Å². The molecule has 0 atom stereocenters. The maximum atomic E-state index is 3.10. The summed E-state index contributed by atoms with van der Waals surface area (Å²) >= 11 is 9.31. The van der Waals surface area contributed by atoms with E-state index in [2.05, 4.69) is 47.8 Å². The molecular formula is CHBr3Hf. The number of alkyl halides is 3. The van der Waals surface area contributed by atoms with Crippen LogP contribution in [-0.2, 0) is 25.8 Å². The summed E-state index contributed by atoms with van der Waals surface area (Å²) in [6, 6.07) is 0. The van der Waals surface area contributed by atoms with Gasteiger partial charge in [-0.1, -0.05) is 47.8 Å². The van der Waals surface area contributed by atoms with Crippen LogP contribution in [0.3, 0.4) is 0 Å². The van der Waals surface area contributed by atoms with Gasteiger partial charge in [0.2, 0.25) is 0 Å². The summed E-state index contributed by atoms with van der Waals surface area (Å²) in [5.41, 5.74) is 0. The van der Waals surface area contributed by atoms with Crippen LogP contribution in [0.4, 0.5) is 0 Å². The summed E-state index contributed by atoms with van der Waals surface area (Å²) < 4.78 is 0.271. The van der Waals surface area contributed by atoms with Crippen LogP contribution in [0, 0.1) is 0 Å². The van der Waals surface area contributed by atoms with Crippen molar-refractivity contribution in [3.05, 3.63) is 0 Å². The molecule has 0 fully saturated rings. The molecule has 0 radical (unpaired) electrons. The van der Waals surface area contributed by atoms with Crippen LogP contribution >= 0.6 is 47.8 Å². The Morgan fingerprint density at radius 3 is 1.00 bits per heavy atom. The number of rotatable bonds is 0. The molecule has 0 saturated heterocycles. The zero-order valence-electron chi connectivity index (χ0n) is 2.21. The van der Waals surface area contributed by atoms with E-state index < -0.39 is 0 Å². The minimum atomic E-state index is 0. The molecule has 0 heterocycles. The standard InChI is InChI=1S/CHBr3.Hf/c2-1(3)4;/h1H;. The van der Waals surface area contributed by atoms with E-state index in [-0.39, 0.29) is 28.5 Å². The molecule has 0 saturated carbocycles. The second-order valence-electron chi connectivity index (χ2n) is 0.247. The zero-order chi connectivity index (χ0) is 3.58. The van der Waals surface area contributed by atoms with Crippen molar-refractivity contribution in [2.24, 2.45) is 0 Å². The van der Waals surface area contributed by atoms with Crippen LogP contribution < -0.4 is 0 Å². The Morgan fingerprint density at radius 2 is 1.00 bits per heavy atom. The van der Waals surface area contributed by atoms with Gasteiger partial charge in [0.25, 0.3) is 0 Å². The number of hydrogen-bond donors (Lipinski definition) is 0. The third kappa shape index (κ3) is 22.0. The summed E-state index contributed by atoms with van der Waals surface area (Å²) in [6.45, 7) is 0. The maximum absolute atomic E-state index is 3.10. The second-order valence-corrected chi connectivity index (χ2v) is 6.68. The van der Waals surface area contributed by atoms with Gasteiger partial charge in [0.15, 0.2) is 0 Å². The fraction of sp³-hybridized carbons (Fsp3) is 1.00. The predicted molar refractivity (Wildman–Crippen MR) is 30.6 cm³/mol. The molecule has 4 heteroatoms. The zero-order valence-corrected chi connectivity index (χ0v) is 10.6. The van der Waals surface area contributed by atoms with E-state index >= 15 is 0 Å². The molecule has 0 unspecified atom stereocenters. The van der Waals surface area contributed by atoms with E-state index in [4.69, 9.17) is 0 Å². The monoisotopic (exact) mass is 430 g/mol. The van der Waals surface area contributed by atoms with Crippen molar-refractivity contribution in [2.45, 2.75) is 2.65 Å². The van der Waals surface area contributed by atoms with E-state index in [1.807, 2.05) is 0 Å². The van der Waals surface area contributed by atoms with Gasteiger partial charge in [0, 0.05) is 25.8 Å². The molecule has 0 aromatic rings. The molecule has 0 rings (SSSR count). The molecule has 0 aliphatic carbocycles. The molecule has 0 bridgehead atoms. The predicted octanol–water partition coefficient (Wildman–Crippen LogP) is 2.45.